The van der Waals surface area contributed by atoms with E-state index in [9.17, 15) is 9.90 Å². The van der Waals surface area contributed by atoms with E-state index in [-0.39, 0.29) is 17.4 Å². The number of benzene rings is 2. The van der Waals surface area contributed by atoms with E-state index in [1.165, 1.54) is 11.8 Å². The number of anilines is 1. The molecule has 2 aromatic carbocycles. The molecule has 3 rings (SSSR count). The quantitative estimate of drug-likeness (QED) is 0.691. The van der Waals surface area contributed by atoms with Gasteiger partial charge in [0.05, 0.1) is 5.75 Å². The van der Waals surface area contributed by atoms with Crippen LogP contribution < -0.4 is 5.32 Å². The third-order valence-corrected chi connectivity index (χ3v) is 4.00. The first-order valence-electron chi connectivity index (χ1n) is 7.22. The number of rotatable bonds is 5. The van der Waals surface area contributed by atoms with Crippen molar-refractivity contribution in [3.8, 4) is 17.2 Å². The Kier molecular flexibility index (Phi) is 4.81. The Morgan fingerprint density at radius 2 is 1.83 bits per heavy atom. The smallest absolute Gasteiger partial charge is 0.277 e. The van der Waals surface area contributed by atoms with Crippen LogP contribution in [0.5, 0.6) is 5.75 Å². The van der Waals surface area contributed by atoms with Crippen molar-refractivity contribution in [3.63, 3.8) is 0 Å². The molecular formula is C17H15N3O3S. The molecule has 0 saturated carbocycles. The molecule has 1 heterocycles. The van der Waals surface area contributed by atoms with Gasteiger partial charge in [-0.15, -0.1) is 10.2 Å². The Bertz CT molecular complexity index is 829. The van der Waals surface area contributed by atoms with Gasteiger partial charge < -0.3 is 14.8 Å². The monoisotopic (exact) mass is 341 g/mol. The Morgan fingerprint density at radius 3 is 2.54 bits per heavy atom. The van der Waals surface area contributed by atoms with E-state index in [1.807, 2.05) is 31.2 Å². The largest absolute Gasteiger partial charge is 0.508 e. The molecule has 0 fully saturated rings. The van der Waals surface area contributed by atoms with Gasteiger partial charge in [-0.05, 0) is 43.3 Å². The van der Waals surface area contributed by atoms with E-state index in [0.29, 0.717) is 16.7 Å². The van der Waals surface area contributed by atoms with Gasteiger partial charge in [0, 0.05) is 11.3 Å². The molecule has 1 aromatic heterocycles. The summed E-state index contributed by atoms with van der Waals surface area (Å²) in [5, 5.41) is 20.2. The molecule has 2 N–H and O–H groups in total. The van der Waals surface area contributed by atoms with Gasteiger partial charge in [0.15, 0.2) is 0 Å². The number of aryl methyl sites for hydroxylation is 1. The molecule has 3 aromatic rings. The van der Waals surface area contributed by atoms with Crippen LogP contribution in [0.2, 0.25) is 0 Å². The molecule has 0 aliphatic carbocycles. The average molecular weight is 341 g/mol. The zero-order valence-corrected chi connectivity index (χ0v) is 13.7. The van der Waals surface area contributed by atoms with Crippen molar-refractivity contribution in [1.82, 2.24) is 10.2 Å². The van der Waals surface area contributed by atoms with Crippen LogP contribution in [0.3, 0.4) is 0 Å². The van der Waals surface area contributed by atoms with Crippen molar-refractivity contribution < 1.29 is 14.3 Å². The number of hydrogen-bond acceptors (Lipinski definition) is 6. The fraction of sp³-hybridized carbons (Fsp3) is 0.118. The maximum atomic E-state index is 11.9. The minimum atomic E-state index is -0.145. The summed E-state index contributed by atoms with van der Waals surface area (Å²) in [6.45, 7) is 1.99. The number of phenolic OH excluding ortho intramolecular Hbond substituents is 1. The van der Waals surface area contributed by atoms with Gasteiger partial charge in [0.25, 0.3) is 5.22 Å². The molecule has 24 heavy (non-hydrogen) atoms. The van der Waals surface area contributed by atoms with Crippen molar-refractivity contribution in [3.05, 3.63) is 54.1 Å². The predicted octanol–water partition coefficient (Wildman–Crippen LogP) is 3.48. The standard InChI is InChI=1S/C17H15N3O3S/c1-11-2-6-13(7-3-11)18-15(22)10-24-17-20-19-16(23-17)12-4-8-14(21)9-5-12/h2-9,21H,10H2,1H3,(H,18,22). The second-order valence-corrected chi connectivity index (χ2v) is 6.05. The summed E-state index contributed by atoms with van der Waals surface area (Å²) in [5.41, 5.74) is 2.59. The summed E-state index contributed by atoms with van der Waals surface area (Å²) in [7, 11) is 0. The van der Waals surface area contributed by atoms with Gasteiger partial charge in [0.1, 0.15) is 5.75 Å². The topological polar surface area (TPSA) is 88.2 Å². The summed E-state index contributed by atoms with van der Waals surface area (Å²) in [6.07, 6.45) is 0. The van der Waals surface area contributed by atoms with Crippen LogP contribution >= 0.6 is 11.8 Å². The van der Waals surface area contributed by atoms with Crippen LogP contribution in [-0.4, -0.2) is 27.0 Å². The van der Waals surface area contributed by atoms with Gasteiger partial charge in [-0.3, -0.25) is 4.79 Å². The summed E-state index contributed by atoms with van der Waals surface area (Å²) >= 11 is 1.17. The van der Waals surface area contributed by atoms with E-state index in [0.717, 1.165) is 11.3 Å². The number of thioether (sulfide) groups is 1. The number of aromatic nitrogens is 2. The number of carbonyl (C=O) groups is 1. The van der Waals surface area contributed by atoms with E-state index >= 15 is 0 Å². The SMILES string of the molecule is Cc1ccc(NC(=O)CSc2nnc(-c3ccc(O)cc3)o2)cc1. The van der Waals surface area contributed by atoms with Crippen molar-refractivity contribution in [2.45, 2.75) is 12.1 Å². The Morgan fingerprint density at radius 1 is 1.12 bits per heavy atom. The van der Waals surface area contributed by atoms with E-state index in [1.54, 1.807) is 24.3 Å². The molecule has 0 aliphatic heterocycles. The Labute approximate surface area is 142 Å². The van der Waals surface area contributed by atoms with Crippen molar-refractivity contribution in [2.24, 2.45) is 0 Å². The highest BCUT2D eigenvalue weighted by atomic mass is 32.2. The molecule has 0 unspecified atom stereocenters. The minimum absolute atomic E-state index is 0.145. The molecule has 0 bridgehead atoms. The van der Waals surface area contributed by atoms with E-state index in [2.05, 4.69) is 15.5 Å². The highest BCUT2D eigenvalue weighted by Crippen LogP contribution is 2.24. The van der Waals surface area contributed by atoms with Gasteiger partial charge in [0.2, 0.25) is 11.8 Å². The number of aromatic hydroxyl groups is 1. The molecule has 7 heteroatoms. The maximum Gasteiger partial charge on any atom is 0.277 e. The number of amides is 1. The van der Waals surface area contributed by atoms with E-state index in [4.69, 9.17) is 4.42 Å². The van der Waals surface area contributed by atoms with Crippen molar-refractivity contribution in [2.75, 3.05) is 11.1 Å². The van der Waals surface area contributed by atoms with Crippen molar-refractivity contribution in [1.29, 1.82) is 0 Å². The summed E-state index contributed by atoms with van der Waals surface area (Å²) in [4.78, 5) is 11.9. The second kappa shape index (κ2) is 7.18. The van der Waals surface area contributed by atoms with Gasteiger partial charge in [-0.1, -0.05) is 29.5 Å². The van der Waals surface area contributed by atoms with Gasteiger partial charge in [-0.2, -0.15) is 0 Å². The Hall–Kier alpha value is -2.80. The summed E-state index contributed by atoms with van der Waals surface area (Å²) in [6, 6.07) is 14.0. The average Bonchev–Trinajstić information content (AvgIpc) is 3.05. The molecule has 122 valence electrons. The first-order valence-corrected chi connectivity index (χ1v) is 8.21. The summed E-state index contributed by atoms with van der Waals surface area (Å²) < 4.78 is 5.51. The van der Waals surface area contributed by atoms with Crippen LogP contribution in [0, 0.1) is 6.92 Å². The number of nitrogens with zero attached hydrogens (tertiary/aromatic N) is 2. The second-order valence-electron chi connectivity index (χ2n) is 5.12. The van der Waals surface area contributed by atoms with Crippen LogP contribution in [-0.2, 0) is 4.79 Å². The van der Waals surface area contributed by atoms with Crippen molar-refractivity contribution >= 4 is 23.4 Å². The lowest BCUT2D eigenvalue weighted by molar-refractivity contribution is -0.113. The van der Waals surface area contributed by atoms with Crippen LogP contribution in [0.25, 0.3) is 11.5 Å². The number of nitrogens with one attached hydrogen (secondary N) is 1. The fourth-order valence-electron chi connectivity index (χ4n) is 1.95. The molecule has 1 amide bonds. The summed E-state index contributed by atoms with van der Waals surface area (Å²) in [5.74, 6) is 0.538. The number of carbonyl (C=O) groups excluding carboxylic acids is 1. The normalized spacial score (nSPS) is 10.5. The van der Waals surface area contributed by atoms with Crippen LogP contribution in [0.15, 0.2) is 58.2 Å². The van der Waals surface area contributed by atoms with Gasteiger partial charge >= 0.3 is 0 Å². The lowest BCUT2D eigenvalue weighted by Crippen LogP contribution is -2.13. The highest BCUT2D eigenvalue weighted by Gasteiger charge is 2.11. The van der Waals surface area contributed by atoms with Crippen LogP contribution in [0.1, 0.15) is 5.56 Å². The molecule has 6 nitrogen and oxygen atoms in total. The lowest BCUT2D eigenvalue weighted by atomic mass is 10.2. The molecule has 0 radical (unpaired) electrons. The van der Waals surface area contributed by atoms with Gasteiger partial charge in [-0.25, -0.2) is 0 Å². The molecule has 0 atom stereocenters. The third-order valence-electron chi connectivity index (χ3n) is 3.18. The molecule has 0 saturated heterocycles. The Balaban J connectivity index is 1.56. The lowest BCUT2D eigenvalue weighted by Gasteiger charge is -2.04. The minimum Gasteiger partial charge on any atom is -0.508 e. The highest BCUT2D eigenvalue weighted by molar-refractivity contribution is 7.99. The number of hydrogen-bond donors (Lipinski definition) is 2. The van der Waals surface area contributed by atoms with Crippen LogP contribution in [0.4, 0.5) is 5.69 Å². The first kappa shape index (κ1) is 16.1. The predicted molar refractivity (Wildman–Crippen MR) is 91.9 cm³/mol. The number of phenols is 1. The molecule has 0 aliphatic rings. The molecule has 0 spiro atoms. The fourth-order valence-corrected chi connectivity index (χ4v) is 2.51. The molecular weight excluding hydrogens is 326 g/mol. The van der Waals surface area contributed by atoms with E-state index < -0.39 is 0 Å². The maximum absolute atomic E-state index is 11.9. The first-order chi connectivity index (χ1) is 11.6. The zero-order chi connectivity index (χ0) is 16.9. The zero-order valence-electron chi connectivity index (χ0n) is 12.9. The third kappa shape index (κ3) is 4.14.